The second-order valence-electron chi connectivity index (χ2n) is 7.70. The summed E-state index contributed by atoms with van der Waals surface area (Å²) in [5, 5.41) is 2.51. The topological polar surface area (TPSA) is 12.9 Å². The average Bonchev–Trinajstić information content (AvgIpc) is 2.85. The molecule has 0 saturated carbocycles. The lowest BCUT2D eigenvalue weighted by atomic mass is 9.79. The lowest BCUT2D eigenvalue weighted by molar-refractivity contribution is 0.670. The SMILES string of the molecule is CC.CCC=CCC1Cc2ccccc2C=C1c1nccc2ccccc12.CCCC. The van der Waals surface area contributed by atoms with Crippen LogP contribution in [0.3, 0.4) is 0 Å². The van der Waals surface area contributed by atoms with E-state index in [0.29, 0.717) is 5.92 Å². The maximum absolute atomic E-state index is 4.79. The van der Waals surface area contributed by atoms with Crippen LogP contribution in [-0.2, 0) is 6.42 Å². The fourth-order valence-electron chi connectivity index (χ4n) is 3.77. The third-order valence-corrected chi connectivity index (χ3v) is 5.54. The molecule has 0 amide bonds. The molecule has 1 aromatic heterocycles. The molecule has 0 N–H and O–H groups in total. The number of hydrogen-bond donors (Lipinski definition) is 0. The van der Waals surface area contributed by atoms with Crippen LogP contribution in [0.15, 0.2) is 72.9 Å². The van der Waals surface area contributed by atoms with Crippen LogP contribution in [0.25, 0.3) is 22.4 Å². The second-order valence-corrected chi connectivity index (χ2v) is 7.70. The van der Waals surface area contributed by atoms with Crippen LogP contribution < -0.4 is 0 Å². The molecule has 1 heterocycles. The van der Waals surface area contributed by atoms with Crippen molar-refractivity contribution in [2.24, 2.45) is 5.92 Å². The molecule has 1 aliphatic carbocycles. The summed E-state index contributed by atoms with van der Waals surface area (Å²) in [5.41, 5.74) is 5.29. The highest BCUT2D eigenvalue weighted by Crippen LogP contribution is 2.38. The minimum Gasteiger partial charge on any atom is -0.256 e. The first-order valence-corrected chi connectivity index (χ1v) is 12.1. The highest BCUT2D eigenvalue weighted by molar-refractivity contribution is 5.97. The van der Waals surface area contributed by atoms with Gasteiger partial charge in [-0.1, -0.05) is 108 Å². The highest BCUT2D eigenvalue weighted by Gasteiger charge is 2.23. The summed E-state index contributed by atoms with van der Waals surface area (Å²) >= 11 is 0. The lowest BCUT2D eigenvalue weighted by Crippen LogP contribution is -2.13. The molecular weight excluding hydrogens is 374 g/mol. The van der Waals surface area contributed by atoms with Crippen LogP contribution in [0, 0.1) is 5.92 Å². The second kappa shape index (κ2) is 13.6. The largest absolute Gasteiger partial charge is 0.256 e. The molecule has 0 saturated heterocycles. The number of hydrogen-bond acceptors (Lipinski definition) is 1. The maximum Gasteiger partial charge on any atom is 0.0743 e. The Labute approximate surface area is 189 Å². The molecular formula is C30H39N. The number of pyridine rings is 1. The van der Waals surface area contributed by atoms with Gasteiger partial charge in [-0.15, -0.1) is 0 Å². The Morgan fingerprint density at radius 2 is 1.58 bits per heavy atom. The average molecular weight is 414 g/mol. The van der Waals surface area contributed by atoms with E-state index >= 15 is 0 Å². The van der Waals surface area contributed by atoms with Crippen molar-refractivity contribution < 1.29 is 0 Å². The molecule has 0 aliphatic heterocycles. The minimum absolute atomic E-state index is 0.482. The van der Waals surface area contributed by atoms with E-state index in [1.165, 1.54) is 40.3 Å². The van der Waals surface area contributed by atoms with Crippen molar-refractivity contribution in [3.63, 3.8) is 0 Å². The summed E-state index contributed by atoms with van der Waals surface area (Å²) in [6, 6.07) is 19.4. The lowest BCUT2D eigenvalue weighted by Gasteiger charge is -2.26. The van der Waals surface area contributed by atoms with Gasteiger partial charge in [0.15, 0.2) is 0 Å². The quantitative estimate of drug-likeness (QED) is 0.380. The molecule has 1 aliphatic rings. The van der Waals surface area contributed by atoms with Crippen LogP contribution in [-0.4, -0.2) is 4.98 Å². The summed E-state index contributed by atoms with van der Waals surface area (Å²) < 4.78 is 0. The van der Waals surface area contributed by atoms with E-state index in [4.69, 9.17) is 4.98 Å². The van der Waals surface area contributed by atoms with E-state index in [9.17, 15) is 0 Å². The van der Waals surface area contributed by atoms with Crippen LogP contribution in [0.1, 0.15) is 77.1 Å². The molecule has 1 heteroatoms. The van der Waals surface area contributed by atoms with Gasteiger partial charge in [0.2, 0.25) is 0 Å². The Hall–Kier alpha value is -2.67. The van der Waals surface area contributed by atoms with Crippen molar-refractivity contribution >= 4 is 22.4 Å². The normalized spacial score (nSPS) is 14.7. The van der Waals surface area contributed by atoms with Crippen molar-refractivity contribution in [2.75, 3.05) is 0 Å². The molecule has 1 atom stereocenters. The smallest absolute Gasteiger partial charge is 0.0743 e. The number of fused-ring (bicyclic) bond motifs is 2. The summed E-state index contributed by atoms with van der Waals surface area (Å²) in [4.78, 5) is 4.79. The number of unbranched alkanes of at least 4 members (excludes halogenated alkanes) is 1. The Morgan fingerprint density at radius 3 is 2.32 bits per heavy atom. The van der Waals surface area contributed by atoms with E-state index in [-0.39, 0.29) is 0 Å². The van der Waals surface area contributed by atoms with Crippen LogP contribution in [0.2, 0.25) is 0 Å². The Balaban J connectivity index is 0.000000513. The van der Waals surface area contributed by atoms with Crippen molar-refractivity contribution in [1.82, 2.24) is 4.98 Å². The van der Waals surface area contributed by atoms with Gasteiger partial charge in [-0.3, -0.25) is 4.98 Å². The number of allylic oxidation sites excluding steroid dienone is 3. The zero-order valence-electron chi connectivity index (χ0n) is 20.1. The monoisotopic (exact) mass is 413 g/mol. The summed E-state index contributed by atoms with van der Waals surface area (Å²) in [6.07, 6.45) is 14.8. The minimum atomic E-state index is 0.482. The van der Waals surface area contributed by atoms with Gasteiger partial charge in [0, 0.05) is 11.6 Å². The number of nitrogens with zero attached hydrogens (tertiary/aromatic N) is 1. The van der Waals surface area contributed by atoms with E-state index in [1.54, 1.807) is 0 Å². The van der Waals surface area contributed by atoms with E-state index in [2.05, 4.69) is 93.6 Å². The Kier molecular flexibility index (Phi) is 10.8. The van der Waals surface area contributed by atoms with Crippen molar-refractivity contribution in [1.29, 1.82) is 0 Å². The predicted molar refractivity (Wildman–Crippen MR) is 139 cm³/mol. The van der Waals surface area contributed by atoms with Crippen LogP contribution >= 0.6 is 0 Å². The molecule has 2 aromatic carbocycles. The third kappa shape index (κ3) is 6.66. The zero-order valence-corrected chi connectivity index (χ0v) is 20.1. The first kappa shape index (κ1) is 24.6. The Morgan fingerprint density at radius 1 is 0.871 bits per heavy atom. The molecule has 3 aromatic rings. The van der Waals surface area contributed by atoms with Crippen molar-refractivity contribution in [2.45, 2.75) is 66.7 Å². The van der Waals surface area contributed by atoms with Gasteiger partial charge in [-0.25, -0.2) is 0 Å². The van der Waals surface area contributed by atoms with Gasteiger partial charge in [0.25, 0.3) is 0 Å². The maximum atomic E-state index is 4.79. The van der Waals surface area contributed by atoms with Gasteiger partial charge in [-0.2, -0.15) is 0 Å². The molecule has 0 radical (unpaired) electrons. The first-order chi connectivity index (χ1) is 15.3. The molecule has 164 valence electrons. The molecule has 31 heavy (non-hydrogen) atoms. The summed E-state index contributed by atoms with van der Waals surface area (Å²) in [6.45, 7) is 10.6. The fraction of sp³-hybridized carbons (Fsp3) is 0.367. The van der Waals surface area contributed by atoms with Gasteiger partial charge in [-0.05, 0) is 59.4 Å². The number of aromatic nitrogens is 1. The molecule has 0 bridgehead atoms. The van der Waals surface area contributed by atoms with Crippen LogP contribution in [0.5, 0.6) is 0 Å². The molecule has 0 spiro atoms. The highest BCUT2D eigenvalue weighted by atomic mass is 14.7. The van der Waals surface area contributed by atoms with E-state index < -0.39 is 0 Å². The first-order valence-electron chi connectivity index (χ1n) is 12.1. The van der Waals surface area contributed by atoms with Gasteiger partial charge in [0.05, 0.1) is 5.69 Å². The van der Waals surface area contributed by atoms with E-state index in [1.807, 2.05) is 20.0 Å². The van der Waals surface area contributed by atoms with Crippen LogP contribution in [0.4, 0.5) is 0 Å². The summed E-state index contributed by atoms with van der Waals surface area (Å²) in [5.74, 6) is 0.482. The molecule has 0 fully saturated rings. The molecule has 4 rings (SSSR count). The van der Waals surface area contributed by atoms with E-state index in [0.717, 1.165) is 25.0 Å². The predicted octanol–water partition coefficient (Wildman–Crippen LogP) is 9.14. The number of benzene rings is 2. The van der Waals surface area contributed by atoms with Crippen molar-refractivity contribution in [3.05, 3.63) is 89.8 Å². The van der Waals surface area contributed by atoms with Gasteiger partial charge >= 0.3 is 0 Å². The molecule has 1 unspecified atom stereocenters. The number of rotatable bonds is 5. The van der Waals surface area contributed by atoms with Gasteiger partial charge in [0.1, 0.15) is 0 Å². The summed E-state index contributed by atoms with van der Waals surface area (Å²) in [7, 11) is 0. The Bertz CT molecular complexity index is 973. The third-order valence-electron chi connectivity index (χ3n) is 5.54. The standard InChI is InChI=1S/C24H23N.C4H10.C2H6/c1-2-3-4-12-21-16-19-10-5-6-11-20(19)17-23(21)24-22-13-8-7-9-18(22)14-15-25-24;1-3-4-2;1-2/h3-11,13-15,17,21H,2,12,16H2,1H3;3-4H2,1-2H3;1-2H3. The van der Waals surface area contributed by atoms with Crippen molar-refractivity contribution in [3.8, 4) is 0 Å². The van der Waals surface area contributed by atoms with Gasteiger partial charge < -0.3 is 0 Å². The zero-order chi connectivity index (χ0) is 22.5. The fourth-order valence-corrected chi connectivity index (χ4v) is 3.77. The molecule has 1 nitrogen and oxygen atoms in total.